The molecule has 3 aliphatic heterocycles. The average Bonchev–Trinajstić information content (AvgIpc) is 4.05. The largest absolute Gasteiger partial charge is 0.490 e. The summed E-state index contributed by atoms with van der Waals surface area (Å²) >= 11 is 0. The van der Waals surface area contributed by atoms with Crippen LogP contribution in [0.4, 0.5) is 11.4 Å². The smallest absolute Gasteiger partial charge is 0.364 e. The van der Waals surface area contributed by atoms with Gasteiger partial charge in [0.05, 0.1) is 23.0 Å². The first kappa shape index (κ1) is 63.4. The third-order valence-electron chi connectivity index (χ3n) is 13.3. The number of benzene rings is 2. The Labute approximate surface area is 461 Å². The van der Waals surface area contributed by atoms with Crippen LogP contribution in [0, 0.1) is 13.8 Å². The van der Waals surface area contributed by atoms with Crippen LogP contribution >= 0.6 is 45.1 Å². The molecule has 3 aliphatic rings. The minimum atomic E-state index is -5.79. The molecular weight excluding hydrogens is 1140 g/mol. The predicted octanol–water partition coefficient (Wildman–Crippen LogP) is 8.10. The zero-order valence-electron chi connectivity index (χ0n) is 44.7. The lowest BCUT2D eigenvalue weighted by molar-refractivity contribution is -0.438. The van der Waals surface area contributed by atoms with E-state index in [0.717, 1.165) is 52.3 Å². The van der Waals surface area contributed by atoms with Crippen LogP contribution in [0.5, 0.6) is 0 Å². The standard InChI is InChI=1S/C49H68N5O18P3S3/c1-10-52-37-23-21-34(78(65,66)67)26-36(37)49(8,9)41(52)17-13-11-14-18-42-48(6,7)35-25-32(2)20-22-38(35)53(42)24-16-12-15-19-43(55)50-30-47(4,5)77-76-31-68-39-27-44(54-28-33(3)45(56)51-46(54)57)70-40(39)29-69-74(61,62)72-75(63,64)71-73(58,59)60/h11,13-14,17-18,20-23,25-26,28,39-40,44H,10,12,15-16,19,24,27,29-31H2,1-9H3,(H6-,50,51,55,56,57,58,59,60,61,62,63,64,65,66,67)/p+1/t39-,40-,44-/m1/s1. The van der Waals surface area contributed by atoms with E-state index < -0.39 is 80.0 Å². The van der Waals surface area contributed by atoms with Crippen LogP contribution in [0.1, 0.15) is 109 Å². The van der Waals surface area contributed by atoms with Gasteiger partial charge in [0.1, 0.15) is 24.8 Å². The van der Waals surface area contributed by atoms with E-state index in [2.05, 4.69) is 73.4 Å². The highest BCUT2D eigenvalue weighted by Gasteiger charge is 2.46. The minimum absolute atomic E-state index is 0.00858. The molecule has 29 heteroatoms. The number of hydrogen-bond donors (Lipinski definition) is 7. The van der Waals surface area contributed by atoms with Crippen molar-refractivity contribution in [1.29, 1.82) is 0 Å². The van der Waals surface area contributed by atoms with Gasteiger partial charge < -0.3 is 39.3 Å². The predicted molar refractivity (Wildman–Crippen MR) is 298 cm³/mol. The van der Waals surface area contributed by atoms with Gasteiger partial charge in [-0.1, -0.05) is 65.3 Å². The lowest BCUT2D eigenvalue weighted by Gasteiger charge is -2.25. The quantitative estimate of drug-likeness (QED) is 0.00759. The van der Waals surface area contributed by atoms with Gasteiger partial charge >= 0.3 is 29.2 Å². The van der Waals surface area contributed by atoms with Crippen molar-refractivity contribution in [2.45, 2.75) is 133 Å². The number of carbonyl (C=O) groups is 1. The van der Waals surface area contributed by atoms with Crippen LogP contribution in [0.3, 0.4) is 0 Å². The van der Waals surface area contributed by atoms with Gasteiger partial charge in [-0.25, -0.2) is 18.5 Å². The summed E-state index contributed by atoms with van der Waals surface area (Å²) in [5.74, 6) is -0.0882. The molecule has 1 fully saturated rings. The van der Waals surface area contributed by atoms with Crippen LogP contribution in [0.25, 0.3) is 0 Å². The zero-order valence-corrected chi connectivity index (χ0v) is 49.8. The van der Waals surface area contributed by atoms with Crippen LogP contribution in [-0.4, -0.2) is 107 Å². The number of rotatable bonds is 26. The second-order valence-corrected chi connectivity index (χ2v) is 29.4. The first-order valence-corrected chi connectivity index (χ1v) is 33.1. The lowest BCUT2D eigenvalue weighted by Crippen LogP contribution is -2.35. The number of amides is 1. The number of nitrogens with one attached hydrogen (secondary N) is 2. The minimum Gasteiger partial charge on any atom is -0.364 e. The van der Waals surface area contributed by atoms with Gasteiger partial charge in [0.15, 0.2) is 5.71 Å². The number of aromatic nitrogens is 2. The number of likely N-dealkylation sites (N-methyl/N-ethyl adjacent to an activating group) is 1. The molecule has 1 amide bonds. The van der Waals surface area contributed by atoms with Crippen molar-refractivity contribution in [1.82, 2.24) is 14.9 Å². The number of aromatic amines is 1. The van der Waals surface area contributed by atoms with Crippen LogP contribution < -0.4 is 21.5 Å². The highest BCUT2D eigenvalue weighted by atomic mass is 33.1. The molecule has 78 heavy (non-hydrogen) atoms. The van der Waals surface area contributed by atoms with Crippen molar-refractivity contribution < 1.29 is 78.2 Å². The number of aryl methyl sites for hydroxylation is 2. The zero-order chi connectivity index (χ0) is 57.8. The Hall–Kier alpha value is -3.78. The third kappa shape index (κ3) is 16.2. The molecule has 2 unspecified atom stereocenters. The highest BCUT2D eigenvalue weighted by Crippen LogP contribution is 2.66. The second-order valence-electron chi connectivity index (χ2n) is 20.6. The third-order valence-corrected chi connectivity index (χ3v) is 20.9. The summed E-state index contributed by atoms with van der Waals surface area (Å²) in [5, 5.41) is 3.02. The normalized spacial score (nSPS) is 21.4. The summed E-state index contributed by atoms with van der Waals surface area (Å²) in [6.45, 7) is 18.9. The maximum Gasteiger partial charge on any atom is 0.490 e. The van der Waals surface area contributed by atoms with Gasteiger partial charge in [-0.15, -0.1) is 0 Å². The number of hydrogen-bond acceptors (Lipinski definition) is 16. The maximum atomic E-state index is 13.1. The van der Waals surface area contributed by atoms with Crippen LogP contribution in [-0.2, 0) is 62.1 Å². The molecule has 5 atom stereocenters. The molecule has 7 N–H and O–H groups in total. The van der Waals surface area contributed by atoms with E-state index in [1.54, 1.807) is 12.1 Å². The van der Waals surface area contributed by atoms with E-state index in [0.29, 0.717) is 25.9 Å². The van der Waals surface area contributed by atoms with Gasteiger partial charge in [-0.05, 0) is 97.2 Å². The molecule has 0 bridgehead atoms. The Kier molecular flexibility index (Phi) is 20.4. The van der Waals surface area contributed by atoms with Crippen molar-refractivity contribution in [3.05, 3.63) is 122 Å². The average molecular weight is 1210 g/mol. The number of nitrogens with zero attached hydrogens (tertiary/aromatic N) is 3. The highest BCUT2D eigenvalue weighted by molar-refractivity contribution is 8.77. The summed E-state index contributed by atoms with van der Waals surface area (Å²) in [7, 11) is -18.6. The molecule has 430 valence electrons. The van der Waals surface area contributed by atoms with E-state index in [-0.39, 0.29) is 34.1 Å². The fourth-order valence-electron chi connectivity index (χ4n) is 9.47. The van der Waals surface area contributed by atoms with Crippen molar-refractivity contribution in [3.63, 3.8) is 0 Å². The summed E-state index contributed by atoms with van der Waals surface area (Å²) in [5.41, 5.74) is 5.37. The number of ether oxygens (including phenoxy) is 2. The topological polar surface area (TPSA) is 323 Å². The number of unbranched alkanes of at least 4 members (excludes halogenated alkanes) is 2. The molecule has 0 spiro atoms. The Balaban J connectivity index is 0.997. The number of anilines is 1. The molecule has 4 heterocycles. The number of carbonyl (C=O) groups excluding carboxylic acids is 1. The van der Waals surface area contributed by atoms with Gasteiger partial charge in [0.2, 0.25) is 11.6 Å². The lowest BCUT2D eigenvalue weighted by atomic mass is 9.81. The molecule has 23 nitrogen and oxygen atoms in total. The number of allylic oxidation sites excluding steroid dienone is 6. The Bertz CT molecular complexity index is 3260. The Morgan fingerprint density at radius 2 is 1.68 bits per heavy atom. The number of phosphoric acid groups is 3. The fourth-order valence-corrected chi connectivity index (χ4v) is 15.2. The summed E-state index contributed by atoms with van der Waals surface area (Å²) in [6.07, 6.45) is 10.9. The Morgan fingerprint density at radius 3 is 2.36 bits per heavy atom. The molecule has 3 aromatic rings. The maximum absolute atomic E-state index is 13.1. The SMILES string of the molecule is CCN1/C(=C/C=C/C=C/C2=[N+](CCCCCC(=O)NCC(C)(C)SSCO[C@@H]3C[C@H](n4cc(C)c(=O)[nH]c4=O)O[C@@H]3COP(=O)(O)OP(=O)(O)OP(=O)(O)O)c3ccc(C)cc3C2(C)C)C(C)(C)c2cc(S(=O)(=O)O)ccc21. The van der Waals surface area contributed by atoms with E-state index in [9.17, 15) is 50.8 Å². The summed E-state index contributed by atoms with van der Waals surface area (Å²) in [4.78, 5) is 79.2. The molecule has 0 radical (unpaired) electrons. The Morgan fingerprint density at radius 1 is 0.962 bits per heavy atom. The molecule has 0 aliphatic carbocycles. The summed E-state index contributed by atoms with van der Waals surface area (Å²) in [6, 6.07) is 11.2. The first-order valence-electron chi connectivity index (χ1n) is 24.8. The van der Waals surface area contributed by atoms with Crippen molar-refractivity contribution in [2.75, 3.05) is 37.1 Å². The molecular formula is C49H69N5O18P3S3+. The van der Waals surface area contributed by atoms with E-state index >= 15 is 0 Å². The number of H-pyrrole nitrogens is 1. The molecule has 1 saturated heterocycles. The molecule has 2 aromatic carbocycles. The van der Waals surface area contributed by atoms with E-state index in [1.165, 1.54) is 51.9 Å². The van der Waals surface area contributed by atoms with Gasteiger partial charge in [-0.2, -0.15) is 21.6 Å². The van der Waals surface area contributed by atoms with E-state index in [1.807, 2.05) is 58.9 Å². The van der Waals surface area contributed by atoms with Crippen molar-refractivity contribution >= 4 is 78.2 Å². The fraction of sp³-hybridized carbons (Fsp3) is 0.510. The second kappa shape index (κ2) is 25.2. The van der Waals surface area contributed by atoms with E-state index in [4.69, 9.17) is 23.8 Å². The van der Waals surface area contributed by atoms with Crippen molar-refractivity contribution in [3.8, 4) is 0 Å². The molecule has 0 saturated carbocycles. The molecule has 6 rings (SSSR count). The van der Waals surface area contributed by atoms with Crippen LogP contribution in [0.2, 0.25) is 0 Å². The van der Waals surface area contributed by atoms with Crippen molar-refractivity contribution in [2.24, 2.45) is 0 Å². The van der Waals surface area contributed by atoms with Gasteiger partial charge in [0.25, 0.3) is 15.7 Å². The van der Waals surface area contributed by atoms with Gasteiger partial charge in [-0.3, -0.25) is 28.2 Å². The first-order chi connectivity index (χ1) is 36.1. The number of fused-ring (bicyclic) bond motifs is 2. The number of phosphoric ester groups is 1. The van der Waals surface area contributed by atoms with Crippen LogP contribution in [0.15, 0.2) is 93.2 Å². The molecule has 1 aromatic heterocycles. The summed E-state index contributed by atoms with van der Waals surface area (Å²) < 4.78 is 96.3. The monoisotopic (exact) mass is 1200 g/mol. The van der Waals surface area contributed by atoms with Gasteiger partial charge in [0, 0.05) is 83.4 Å².